The number of hydrogen-bond acceptors (Lipinski definition) is 2. The van der Waals surface area contributed by atoms with E-state index in [1.54, 1.807) is 0 Å². The van der Waals surface area contributed by atoms with Crippen molar-refractivity contribution in [1.29, 1.82) is 0 Å². The summed E-state index contributed by atoms with van der Waals surface area (Å²) in [6, 6.07) is 20.4. The van der Waals surface area contributed by atoms with Gasteiger partial charge in [-0.2, -0.15) is 0 Å². The molecule has 4 nitrogen and oxygen atoms in total. The molecular formula is C21H23N3O. The summed E-state index contributed by atoms with van der Waals surface area (Å²) in [6.45, 7) is 3.39. The Bertz CT molecular complexity index is 810. The lowest BCUT2D eigenvalue weighted by atomic mass is 10.0. The number of carbonyl (C=O) groups is 1. The van der Waals surface area contributed by atoms with Crippen LogP contribution in [0, 0.1) is 0 Å². The predicted octanol–water partition coefficient (Wildman–Crippen LogP) is 4.13. The Morgan fingerprint density at radius 1 is 1.00 bits per heavy atom. The summed E-state index contributed by atoms with van der Waals surface area (Å²) in [5.74, 6) is 0.0795. The second-order valence-electron chi connectivity index (χ2n) is 5.97. The highest BCUT2D eigenvalue weighted by Crippen LogP contribution is 2.31. The third-order valence-corrected chi connectivity index (χ3v) is 4.08. The van der Waals surface area contributed by atoms with Crippen molar-refractivity contribution in [1.82, 2.24) is 14.9 Å². The minimum absolute atomic E-state index is 0.0795. The minimum Gasteiger partial charge on any atom is -0.356 e. The Hall–Kier alpha value is -2.88. The van der Waals surface area contributed by atoms with Crippen molar-refractivity contribution in [3.8, 4) is 22.5 Å². The van der Waals surface area contributed by atoms with Crippen LogP contribution in [-0.4, -0.2) is 22.0 Å². The molecule has 0 spiro atoms. The van der Waals surface area contributed by atoms with Crippen molar-refractivity contribution < 1.29 is 4.79 Å². The molecule has 0 fully saturated rings. The van der Waals surface area contributed by atoms with Crippen molar-refractivity contribution in [2.45, 2.75) is 26.3 Å². The van der Waals surface area contributed by atoms with Gasteiger partial charge >= 0.3 is 0 Å². The molecule has 1 aromatic heterocycles. The van der Waals surface area contributed by atoms with Crippen LogP contribution in [0.3, 0.4) is 0 Å². The highest BCUT2D eigenvalue weighted by molar-refractivity contribution is 5.79. The van der Waals surface area contributed by atoms with E-state index in [-0.39, 0.29) is 5.91 Å². The molecule has 4 heteroatoms. The highest BCUT2D eigenvalue weighted by Gasteiger charge is 2.15. The van der Waals surface area contributed by atoms with Gasteiger partial charge < -0.3 is 9.88 Å². The van der Waals surface area contributed by atoms with Crippen LogP contribution in [-0.2, 0) is 11.3 Å². The molecule has 1 amide bonds. The summed E-state index contributed by atoms with van der Waals surface area (Å²) in [6.07, 6.45) is 3.23. The summed E-state index contributed by atoms with van der Waals surface area (Å²) >= 11 is 0. The number of imidazole rings is 1. The first kappa shape index (κ1) is 17.0. The molecule has 0 saturated heterocycles. The van der Waals surface area contributed by atoms with Crippen LogP contribution in [0.15, 0.2) is 67.0 Å². The second-order valence-corrected chi connectivity index (χ2v) is 5.97. The Balaban J connectivity index is 1.91. The van der Waals surface area contributed by atoms with Crippen molar-refractivity contribution >= 4 is 5.91 Å². The zero-order valence-electron chi connectivity index (χ0n) is 14.5. The third-order valence-electron chi connectivity index (χ3n) is 4.08. The molecular weight excluding hydrogens is 310 g/mol. The van der Waals surface area contributed by atoms with Gasteiger partial charge in [-0.3, -0.25) is 4.79 Å². The first-order chi connectivity index (χ1) is 12.3. The SMILES string of the molecule is CCCNC(=O)CCn1cnc(-c2ccccc2)c1-c1ccccc1. The fraction of sp³-hybridized carbons (Fsp3) is 0.238. The fourth-order valence-electron chi connectivity index (χ4n) is 2.83. The van der Waals surface area contributed by atoms with Crippen molar-refractivity contribution in [2.75, 3.05) is 6.54 Å². The molecule has 2 aromatic carbocycles. The predicted molar refractivity (Wildman–Crippen MR) is 101 cm³/mol. The standard InChI is InChI=1S/C21H23N3O/c1-2-14-22-19(25)13-15-24-16-23-20(17-9-5-3-6-10-17)21(24)18-11-7-4-8-12-18/h3-12,16H,2,13-15H2,1H3,(H,22,25). The maximum atomic E-state index is 12.0. The Kier molecular flexibility index (Phi) is 5.62. The van der Waals surface area contributed by atoms with E-state index < -0.39 is 0 Å². The van der Waals surface area contributed by atoms with Gasteiger partial charge in [0.05, 0.1) is 17.7 Å². The van der Waals surface area contributed by atoms with Crippen LogP contribution in [0.2, 0.25) is 0 Å². The zero-order valence-corrected chi connectivity index (χ0v) is 14.5. The normalized spacial score (nSPS) is 10.6. The van der Waals surface area contributed by atoms with Gasteiger partial charge in [-0.15, -0.1) is 0 Å². The number of carbonyl (C=O) groups excluding carboxylic acids is 1. The molecule has 1 N–H and O–H groups in total. The van der Waals surface area contributed by atoms with Crippen LogP contribution >= 0.6 is 0 Å². The van der Waals surface area contributed by atoms with E-state index in [0.29, 0.717) is 13.0 Å². The molecule has 0 aliphatic rings. The van der Waals surface area contributed by atoms with Gasteiger partial charge in [-0.1, -0.05) is 67.6 Å². The summed E-state index contributed by atoms with van der Waals surface area (Å²) < 4.78 is 2.07. The lowest BCUT2D eigenvalue weighted by Gasteiger charge is -2.11. The van der Waals surface area contributed by atoms with E-state index in [9.17, 15) is 4.79 Å². The van der Waals surface area contributed by atoms with Crippen LogP contribution < -0.4 is 5.32 Å². The highest BCUT2D eigenvalue weighted by atomic mass is 16.1. The lowest BCUT2D eigenvalue weighted by Crippen LogP contribution is -2.25. The van der Waals surface area contributed by atoms with Gasteiger partial charge in [0.2, 0.25) is 5.91 Å². The number of nitrogens with zero attached hydrogens (tertiary/aromatic N) is 2. The molecule has 0 radical (unpaired) electrons. The largest absolute Gasteiger partial charge is 0.356 e. The molecule has 0 atom stereocenters. The van der Waals surface area contributed by atoms with Crippen molar-refractivity contribution in [3.63, 3.8) is 0 Å². The third kappa shape index (κ3) is 4.15. The van der Waals surface area contributed by atoms with E-state index in [4.69, 9.17) is 0 Å². The van der Waals surface area contributed by atoms with Gasteiger partial charge in [0.1, 0.15) is 0 Å². The van der Waals surface area contributed by atoms with Crippen LogP contribution in [0.4, 0.5) is 0 Å². The van der Waals surface area contributed by atoms with E-state index in [0.717, 1.165) is 35.5 Å². The van der Waals surface area contributed by atoms with Crippen molar-refractivity contribution in [2.24, 2.45) is 0 Å². The number of amides is 1. The minimum atomic E-state index is 0.0795. The smallest absolute Gasteiger partial charge is 0.221 e. The molecule has 0 aliphatic heterocycles. The van der Waals surface area contributed by atoms with E-state index in [1.807, 2.05) is 42.7 Å². The molecule has 0 bridgehead atoms. The van der Waals surface area contributed by atoms with Gasteiger partial charge in [0, 0.05) is 30.6 Å². The van der Waals surface area contributed by atoms with Crippen LogP contribution in [0.5, 0.6) is 0 Å². The van der Waals surface area contributed by atoms with Gasteiger partial charge in [-0.05, 0) is 6.42 Å². The molecule has 0 saturated carbocycles. The Morgan fingerprint density at radius 3 is 2.28 bits per heavy atom. The first-order valence-corrected chi connectivity index (χ1v) is 8.72. The summed E-state index contributed by atoms with van der Waals surface area (Å²) in [4.78, 5) is 16.6. The summed E-state index contributed by atoms with van der Waals surface area (Å²) in [5, 5.41) is 2.93. The van der Waals surface area contributed by atoms with Gasteiger partial charge in [-0.25, -0.2) is 4.98 Å². The van der Waals surface area contributed by atoms with E-state index in [2.05, 4.69) is 46.1 Å². The molecule has 3 rings (SSSR count). The van der Waals surface area contributed by atoms with E-state index >= 15 is 0 Å². The van der Waals surface area contributed by atoms with Crippen LogP contribution in [0.25, 0.3) is 22.5 Å². The number of rotatable bonds is 7. The number of nitrogens with one attached hydrogen (secondary N) is 1. The number of hydrogen-bond donors (Lipinski definition) is 1. The Morgan fingerprint density at radius 2 is 1.64 bits per heavy atom. The average molecular weight is 333 g/mol. The van der Waals surface area contributed by atoms with Crippen LogP contribution in [0.1, 0.15) is 19.8 Å². The molecule has 25 heavy (non-hydrogen) atoms. The summed E-state index contributed by atoms with van der Waals surface area (Å²) in [7, 11) is 0. The number of benzene rings is 2. The fourth-order valence-corrected chi connectivity index (χ4v) is 2.83. The number of aryl methyl sites for hydroxylation is 1. The van der Waals surface area contributed by atoms with Crippen molar-refractivity contribution in [3.05, 3.63) is 67.0 Å². The maximum absolute atomic E-state index is 12.0. The molecule has 0 unspecified atom stereocenters. The van der Waals surface area contributed by atoms with E-state index in [1.165, 1.54) is 0 Å². The Labute approximate surface area is 148 Å². The van der Waals surface area contributed by atoms with Gasteiger partial charge in [0.15, 0.2) is 0 Å². The molecule has 0 aliphatic carbocycles. The topological polar surface area (TPSA) is 46.9 Å². The molecule has 128 valence electrons. The molecule has 1 heterocycles. The average Bonchev–Trinajstić information content (AvgIpc) is 3.10. The quantitative estimate of drug-likeness (QED) is 0.706. The zero-order chi connectivity index (χ0) is 17.5. The number of aromatic nitrogens is 2. The first-order valence-electron chi connectivity index (χ1n) is 8.72. The second kappa shape index (κ2) is 8.29. The lowest BCUT2D eigenvalue weighted by molar-refractivity contribution is -0.121. The monoisotopic (exact) mass is 333 g/mol. The summed E-state index contributed by atoms with van der Waals surface area (Å²) in [5.41, 5.74) is 4.18. The maximum Gasteiger partial charge on any atom is 0.221 e. The molecule has 3 aromatic rings. The van der Waals surface area contributed by atoms with Gasteiger partial charge in [0.25, 0.3) is 0 Å².